The fourth-order valence-electron chi connectivity index (χ4n) is 1.81. The lowest BCUT2D eigenvalue weighted by atomic mass is 10.0. The number of rotatable bonds is 6. The molecule has 0 aliphatic carbocycles. The maximum atomic E-state index is 12.4. The number of Topliss-reactive ketones (excluding diaryl/α,β-unsaturated/α-hetero) is 1. The molecule has 0 saturated heterocycles. The third kappa shape index (κ3) is 4.03. The average Bonchev–Trinajstić information content (AvgIpc) is 2.96. The molecule has 7 heteroatoms. The summed E-state index contributed by atoms with van der Waals surface area (Å²) in [5, 5.41) is 3.30. The van der Waals surface area contributed by atoms with Crippen LogP contribution in [0.15, 0.2) is 41.4 Å². The highest BCUT2D eigenvalue weighted by atomic mass is 19.4. The Bertz CT molecular complexity index is 660. The van der Waals surface area contributed by atoms with E-state index in [4.69, 9.17) is 0 Å². The zero-order valence-electron chi connectivity index (χ0n) is 11.6. The lowest BCUT2D eigenvalue weighted by molar-refractivity contribution is -0.159. The Morgan fingerprint density at radius 2 is 1.95 bits per heavy atom. The first-order valence-electron chi connectivity index (χ1n) is 6.53. The summed E-state index contributed by atoms with van der Waals surface area (Å²) in [7, 11) is 0. The molecule has 0 amide bonds. The van der Waals surface area contributed by atoms with Crippen molar-refractivity contribution in [2.45, 2.75) is 25.4 Å². The monoisotopic (exact) mass is 310 g/mol. The Balaban J connectivity index is 2.07. The van der Waals surface area contributed by atoms with Crippen LogP contribution in [0, 0.1) is 0 Å². The van der Waals surface area contributed by atoms with Gasteiger partial charge in [-0.25, -0.2) is 0 Å². The number of alkyl halides is 3. The number of hydrogen-bond donors (Lipinski definition) is 0. The second-order valence-corrected chi connectivity index (χ2v) is 4.66. The highest BCUT2D eigenvalue weighted by Gasteiger charge is 2.38. The molecule has 0 atom stereocenters. The van der Waals surface area contributed by atoms with Crippen molar-refractivity contribution in [1.82, 2.24) is 10.1 Å². The first kappa shape index (κ1) is 15.9. The minimum atomic E-state index is -4.66. The fourth-order valence-corrected chi connectivity index (χ4v) is 1.81. The molecule has 0 spiro atoms. The first-order valence-corrected chi connectivity index (χ1v) is 6.53. The second kappa shape index (κ2) is 6.55. The molecule has 4 nitrogen and oxygen atoms in total. The van der Waals surface area contributed by atoms with Crippen molar-refractivity contribution in [2.24, 2.45) is 0 Å². The largest absolute Gasteiger partial charge is 0.471 e. The van der Waals surface area contributed by atoms with Crippen molar-refractivity contribution >= 4 is 5.78 Å². The van der Waals surface area contributed by atoms with E-state index in [9.17, 15) is 18.0 Å². The average molecular weight is 310 g/mol. The summed E-state index contributed by atoms with van der Waals surface area (Å²) in [5.74, 6) is -1.45. The maximum absolute atomic E-state index is 12.4. The normalized spacial score (nSPS) is 11.4. The third-order valence-electron chi connectivity index (χ3n) is 2.91. The molecule has 0 N–H and O–H groups in total. The van der Waals surface area contributed by atoms with Gasteiger partial charge in [-0.3, -0.25) is 4.79 Å². The van der Waals surface area contributed by atoms with Gasteiger partial charge >= 0.3 is 12.1 Å². The van der Waals surface area contributed by atoms with Crippen LogP contribution in [0.25, 0.3) is 11.4 Å². The zero-order valence-corrected chi connectivity index (χ0v) is 11.6. The van der Waals surface area contributed by atoms with Crippen LogP contribution in [0.2, 0.25) is 0 Å². The molecule has 0 radical (unpaired) electrons. The van der Waals surface area contributed by atoms with Crippen LogP contribution in [0.1, 0.15) is 24.3 Å². The molecule has 1 aromatic carbocycles. The Morgan fingerprint density at radius 1 is 1.27 bits per heavy atom. The van der Waals surface area contributed by atoms with Gasteiger partial charge in [-0.2, -0.15) is 18.2 Å². The predicted molar refractivity (Wildman–Crippen MR) is 72.9 cm³/mol. The van der Waals surface area contributed by atoms with Crippen LogP contribution < -0.4 is 0 Å². The smallest absolute Gasteiger partial charge is 0.329 e. The van der Waals surface area contributed by atoms with Gasteiger partial charge in [0.1, 0.15) is 5.78 Å². The summed E-state index contributed by atoms with van der Waals surface area (Å²) < 4.78 is 41.3. The molecule has 2 rings (SSSR count). The number of benzene rings is 1. The number of halogens is 3. The highest BCUT2D eigenvalue weighted by Crippen LogP contribution is 2.29. The van der Waals surface area contributed by atoms with Gasteiger partial charge < -0.3 is 4.52 Å². The van der Waals surface area contributed by atoms with Crippen molar-refractivity contribution in [3.63, 3.8) is 0 Å². The van der Waals surface area contributed by atoms with Crippen LogP contribution >= 0.6 is 0 Å². The van der Waals surface area contributed by atoms with E-state index >= 15 is 0 Å². The van der Waals surface area contributed by atoms with Crippen molar-refractivity contribution in [3.05, 3.63) is 48.4 Å². The Morgan fingerprint density at radius 3 is 2.50 bits per heavy atom. The van der Waals surface area contributed by atoms with Gasteiger partial charge in [-0.1, -0.05) is 35.5 Å². The Hall–Kier alpha value is -2.44. The van der Waals surface area contributed by atoms with Crippen LogP contribution in [-0.4, -0.2) is 15.9 Å². The summed E-state index contributed by atoms with van der Waals surface area (Å²) >= 11 is 0. The molecule has 2 aromatic rings. The van der Waals surface area contributed by atoms with E-state index in [0.717, 1.165) is 5.56 Å². The van der Waals surface area contributed by atoms with E-state index in [2.05, 4.69) is 21.2 Å². The van der Waals surface area contributed by atoms with Gasteiger partial charge in [0.2, 0.25) is 5.82 Å². The first-order chi connectivity index (χ1) is 10.4. The number of ketones is 1. The number of allylic oxidation sites excluding steroid dienone is 1. The van der Waals surface area contributed by atoms with Gasteiger partial charge in [0.15, 0.2) is 0 Å². The molecule has 0 unspecified atom stereocenters. The fraction of sp³-hybridized carbons (Fsp3) is 0.267. The zero-order chi connectivity index (χ0) is 16.2. The molecular formula is C15H13F3N2O2. The van der Waals surface area contributed by atoms with E-state index in [1.54, 1.807) is 30.3 Å². The maximum Gasteiger partial charge on any atom is 0.471 e. The number of nitrogens with zero attached hydrogens (tertiary/aromatic N) is 2. The van der Waals surface area contributed by atoms with Gasteiger partial charge in [0.05, 0.1) is 0 Å². The molecule has 1 aromatic heterocycles. The number of aromatic nitrogens is 2. The summed E-state index contributed by atoms with van der Waals surface area (Å²) in [6, 6.07) is 6.43. The molecule has 0 saturated carbocycles. The summed E-state index contributed by atoms with van der Waals surface area (Å²) in [6.07, 6.45) is -1.67. The Kier molecular flexibility index (Phi) is 4.75. The third-order valence-corrected chi connectivity index (χ3v) is 2.91. The molecular weight excluding hydrogens is 297 g/mol. The van der Waals surface area contributed by atoms with Crippen molar-refractivity contribution < 1.29 is 22.5 Å². The number of hydrogen-bond acceptors (Lipinski definition) is 4. The van der Waals surface area contributed by atoms with Crippen molar-refractivity contribution in [1.29, 1.82) is 0 Å². The number of carbonyl (C=O) groups excluding carboxylic acids is 1. The summed E-state index contributed by atoms with van der Waals surface area (Å²) in [4.78, 5) is 14.9. The molecule has 1 heterocycles. The van der Waals surface area contributed by atoms with Gasteiger partial charge in [0.25, 0.3) is 0 Å². The molecule has 0 fully saturated rings. The van der Waals surface area contributed by atoms with Gasteiger partial charge in [0, 0.05) is 18.4 Å². The van der Waals surface area contributed by atoms with E-state index in [-0.39, 0.29) is 18.0 Å². The minimum absolute atomic E-state index is 0.0755. The highest BCUT2D eigenvalue weighted by molar-refractivity contribution is 5.81. The van der Waals surface area contributed by atoms with Crippen molar-refractivity contribution in [2.75, 3.05) is 0 Å². The van der Waals surface area contributed by atoms with Crippen LogP contribution in [0.4, 0.5) is 13.2 Å². The van der Waals surface area contributed by atoms with E-state index in [0.29, 0.717) is 18.4 Å². The van der Waals surface area contributed by atoms with Crippen molar-refractivity contribution in [3.8, 4) is 11.4 Å². The minimum Gasteiger partial charge on any atom is -0.329 e. The topological polar surface area (TPSA) is 56.0 Å². The molecule has 0 aliphatic rings. The molecule has 0 bridgehead atoms. The van der Waals surface area contributed by atoms with E-state index in [1.807, 2.05) is 0 Å². The SMILES string of the molecule is C=CCCC(=O)Cc1ccc(-c2noc(C(F)(F)F)n2)cc1. The standard InChI is InChI=1S/C15H13F3N2O2/c1-2-3-4-12(21)9-10-5-7-11(8-6-10)13-19-14(22-20-13)15(16,17)18/h2,5-8H,1,3-4,9H2. The second-order valence-electron chi connectivity index (χ2n) is 4.66. The summed E-state index contributed by atoms with van der Waals surface area (Å²) in [6.45, 7) is 3.55. The predicted octanol–water partition coefficient (Wildman–Crippen LogP) is 3.83. The van der Waals surface area contributed by atoms with Crippen LogP contribution in [-0.2, 0) is 17.4 Å². The Labute approximate surface area is 124 Å². The molecule has 116 valence electrons. The van der Waals surface area contributed by atoms with Crippen LogP contribution in [0.3, 0.4) is 0 Å². The molecule has 0 aliphatic heterocycles. The van der Waals surface area contributed by atoms with Crippen LogP contribution in [0.5, 0.6) is 0 Å². The van der Waals surface area contributed by atoms with E-state index in [1.165, 1.54) is 0 Å². The van der Waals surface area contributed by atoms with Gasteiger partial charge in [-0.05, 0) is 12.0 Å². The van der Waals surface area contributed by atoms with E-state index < -0.39 is 12.1 Å². The lowest BCUT2D eigenvalue weighted by Gasteiger charge is -2.01. The lowest BCUT2D eigenvalue weighted by Crippen LogP contribution is -2.04. The van der Waals surface area contributed by atoms with Gasteiger partial charge in [-0.15, -0.1) is 6.58 Å². The number of carbonyl (C=O) groups is 1. The molecule has 22 heavy (non-hydrogen) atoms. The quantitative estimate of drug-likeness (QED) is 0.761. The summed E-state index contributed by atoms with van der Waals surface area (Å²) in [5.41, 5.74) is 1.17.